The highest BCUT2D eigenvalue weighted by Crippen LogP contribution is 2.23. The fourth-order valence-electron chi connectivity index (χ4n) is 1.50. The Bertz CT molecular complexity index is 581. The zero-order valence-corrected chi connectivity index (χ0v) is 11.3. The summed E-state index contributed by atoms with van der Waals surface area (Å²) in [5.41, 5.74) is 8.97. The molecule has 2 aromatic rings. The number of aryl methyl sites for hydroxylation is 1. The van der Waals surface area contributed by atoms with E-state index in [4.69, 9.17) is 29.6 Å². The number of rotatable bonds is 3. The highest BCUT2D eigenvalue weighted by Gasteiger charge is 2.04. The smallest absolute Gasteiger partial charge is 0.105 e. The Morgan fingerprint density at radius 1 is 1.28 bits per heavy atom. The largest absolute Gasteiger partial charge is 0.389 e. The Morgan fingerprint density at radius 3 is 2.56 bits per heavy atom. The minimum Gasteiger partial charge on any atom is -0.389 e. The summed E-state index contributed by atoms with van der Waals surface area (Å²) in [7, 11) is 0. The van der Waals surface area contributed by atoms with Crippen LogP contribution in [-0.2, 0) is 0 Å². The second-order valence-electron chi connectivity index (χ2n) is 3.87. The van der Waals surface area contributed by atoms with Gasteiger partial charge >= 0.3 is 0 Å². The van der Waals surface area contributed by atoms with Crippen LogP contribution in [0, 0.1) is 6.92 Å². The van der Waals surface area contributed by atoms with Crippen molar-refractivity contribution >= 4 is 40.2 Å². The Labute approximate surface area is 116 Å². The minimum absolute atomic E-state index is 0.295. The minimum atomic E-state index is 0.295. The summed E-state index contributed by atoms with van der Waals surface area (Å²) >= 11 is 11.0. The summed E-state index contributed by atoms with van der Waals surface area (Å²) in [6.45, 7) is 1.94. The number of halogens is 1. The quantitative estimate of drug-likeness (QED) is 0.844. The number of hydrogen-bond donors (Lipinski definition) is 2. The lowest BCUT2D eigenvalue weighted by molar-refractivity contribution is 1.20. The van der Waals surface area contributed by atoms with E-state index in [1.165, 1.54) is 0 Å². The van der Waals surface area contributed by atoms with Crippen LogP contribution < -0.4 is 11.1 Å². The number of thiocarbonyl (C=S) groups is 1. The van der Waals surface area contributed by atoms with Crippen LogP contribution in [0.5, 0.6) is 0 Å². The Kier molecular flexibility index (Phi) is 3.79. The number of nitrogens with zero attached hydrogens (tertiary/aromatic N) is 1. The molecule has 0 saturated heterocycles. The van der Waals surface area contributed by atoms with Gasteiger partial charge in [-0.05, 0) is 37.3 Å². The van der Waals surface area contributed by atoms with Crippen LogP contribution in [0.25, 0.3) is 0 Å². The Morgan fingerprint density at radius 2 is 2.00 bits per heavy atom. The maximum absolute atomic E-state index is 6.09. The van der Waals surface area contributed by atoms with Crippen LogP contribution in [0.4, 0.5) is 11.4 Å². The number of benzene rings is 1. The number of nitrogens with two attached hydrogens (primary N) is 1. The fourth-order valence-corrected chi connectivity index (χ4v) is 2.02. The lowest BCUT2D eigenvalue weighted by Gasteiger charge is -2.08. The van der Waals surface area contributed by atoms with Crippen molar-refractivity contribution in [2.24, 2.45) is 5.73 Å². The molecule has 3 nitrogen and oxygen atoms in total. The fraction of sp³-hybridized carbons (Fsp3) is 0.0769. The van der Waals surface area contributed by atoms with Crippen molar-refractivity contribution in [3.8, 4) is 0 Å². The van der Waals surface area contributed by atoms with Gasteiger partial charge in [0.25, 0.3) is 0 Å². The SMILES string of the molecule is Cc1ccc(Nc2ccc(C(N)=S)c(Cl)c2)cn1. The number of anilines is 2. The first-order valence-electron chi connectivity index (χ1n) is 5.35. The second kappa shape index (κ2) is 5.33. The van der Waals surface area contributed by atoms with Gasteiger partial charge in [0.1, 0.15) is 4.99 Å². The van der Waals surface area contributed by atoms with Gasteiger partial charge in [-0.15, -0.1) is 0 Å². The third-order valence-electron chi connectivity index (χ3n) is 2.43. The average Bonchev–Trinajstić information content (AvgIpc) is 2.32. The monoisotopic (exact) mass is 277 g/mol. The van der Waals surface area contributed by atoms with E-state index in [1.807, 2.05) is 25.1 Å². The lowest BCUT2D eigenvalue weighted by atomic mass is 10.2. The van der Waals surface area contributed by atoms with Crippen molar-refractivity contribution in [1.82, 2.24) is 4.98 Å². The number of nitrogens with one attached hydrogen (secondary N) is 1. The number of pyridine rings is 1. The van der Waals surface area contributed by atoms with Crippen molar-refractivity contribution in [3.63, 3.8) is 0 Å². The van der Waals surface area contributed by atoms with Gasteiger partial charge in [-0.1, -0.05) is 23.8 Å². The predicted molar refractivity (Wildman–Crippen MR) is 79.6 cm³/mol. The van der Waals surface area contributed by atoms with E-state index >= 15 is 0 Å². The molecule has 0 amide bonds. The molecule has 0 saturated carbocycles. The van der Waals surface area contributed by atoms with E-state index in [2.05, 4.69) is 10.3 Å². The van der Waals surface area contributed by atoms with Crippen molar-refractivity contribution in [2.45, 2.75) is 6.92 Å². The van der Waals surface area contributed by atoms with Gasteiger partial charge in [-0.25, -0.2) is 0 Å². The predicted octanol–water partition coefficient (Wildman–Crippen LogP) is 3.42. The third kappa shape index (κ3) is 2.97. The normalized spacial score (nSPS) is 10.1. The summed E-state index contributed by atoms with van der Waals surface area (Å²) in [5.74, 6) is 0. The molecule has 1 aromatic heterocycles. The Hall–Kier alpha value is -1.65. The van der Waals surface area contributed by atoms with Crippen molar-refractivity contribution in [3.05, 3.63) is 52.8 Å². The molecule has 5 heteroatoms. The second-order valence-corrected chi connectivity index (χ2v) is 4.72. The van der Waals surface area contributed by atoms with Crippen LogP contribution in [0.2, 0.25) is 5.02 Å². The summed E-state index contributed by atoms with van der Waals surface area (Å²) in [6.07, 6.45) is 1.77. The molecule has 0 fully saturated rings. The molecule has 1 heterocycles. The molecule has 0 atom stereocenters. The molecule has 1 aromatic carbocycles. The van der Waals surface area contributed by atoms with Gasteiger partial charge in [0, 0.05) is 16.9 Å². The van der Waals surface area contributed by atoms with Crippen LogP contribution >= 0.6 is 23.8 Å². The molecule has 0 aliphatic carbocycles. The number of hydrogen-bond acceptors (Lipinski definition) is 3. The first kappa shape index (κ1) is 12.8. The molecular weight excluding hydrogens is 266 g/mol. The molecule has 3 N–H and O–H groups in total. The maximum Gasteiger partial charge on any atom is 0.105 e. The van der Waals surface area contributed by atoms with Crippen molar-refractivity contribution < 1.29 is 0 Å². The lowest BCUT2D eigenvalue weighted by Crippen LogP contribution is -2.09. The molecule has 0 aliphatic rings. The molecule has 0 aliphatic heterocycles. The highest BCUT2D eigenvalue weighted by molar-refractivity contribution is 7.80. The van der Waals surface area contributed by atoms with E-state index in [0.717, 1.165) is 17.1 Å². The van der Waals surface area contributed by atoms with E-state index < -0.39 is 0 Å². The maximum atomic E-state index is 6.09. The molecule has 0 unspecified atom stereocenters. The van der Waals surface area contributed by atoms with Crippen LogP contribution in [-0.4, -0.2) is 9.97 Å². The molecule has 0 bridgehead atoms. The molecule has 0 spiro atoms. The summed E-state index contributed by atoms with van der Waals surface area (Å²) in [5, 5.41) is 3.74. The van der Waals surface area contributed by atoms with Gasteiger partial charge in [0.2, 0.25) is 0 Å². The standard InChI is InChI=1S/C13H12ClN3S/c1-8-2-3-10(7-16-8)17-9-4-5-11(13(15)18)12(14)6-9/h2-7,17H,1H3,(H2,15,18). The average molecular weight is 278 g/mol. The van der Waals surface area contributed by atoms with Gasteiger partial charge in [-0.2, -0.15) is 0 Å². The number of aromatic nitrogens is 1. The van der Waals surface area contributed by atoms with Gasteiger partial charge < -0.3 is 11.1 Å². The Balaban J connectivity index is 2.22. The molecular formula is C13H12ClN3S. The van der Waals surface area contributed by atoms with E-state index in [0.29, 0.717) is 15.6 Å². The van der Waals surface area contributed by atoms with E-state index in [-0.39, 0.29) is 0 Å². The summed E-state index contributed by atoms with van der Waals surface area (Å²) < 4.78 is 0. The zero-order valence-electron chi connectivity index (χ0n) is 9.77. The molecule has 0 radical (unpaired) electrons. The zero-order chi connectivity index (χ0) is 13.1. The van der Waals surface area contributed by atoms with Crippen LogP contribution in [0.15, 0.2) is 36.5 Å². The van der Waals surface area contributed by atoms with Crippen LogP contribution in [0.1, 0.15) is 11.3 Å². The van der Waals surface area contributed by atoms with Crippen molar-refractivity contribution in [1.29, 1.82) is 0 Å². The summed E-state index contributed by atoms with van der Waals surface area (Å²) in [6, 6.07) is 9.36. The van der Waals surface area contributed by atoms with Gasteiger partial charge in [0.05, 0.1) is 16.9 Å². The molecule has 92 valence electrons. The highest BCUT2D eigenvalue weighted by atomic mass is 35.5. The van der Waals surface area contributed by atoms with Crippen molar-refractivity contribution in [2.75, 3.05) is 5.32 Å². The third-order valence-corrected chi connectivity index (χ3v) is 2.97. The summed E-state index contributed by atoms with van der Waals surface area (Å²) in [4.78, 5) is 4.50. The van der Waals surface area contributed by atoms with Crippen LogP contribution in [0.3, 0.4) is 0 Å². The van der Waals surface area contributed by atoms with Gasteiger partial charge in [-0.3, -0.25) is 4.98 Å². The first-order chi connectivity index (χ1) is 8.56. The molecule has 2 rings (SSSR count). The molecule has 18 heavy (non-hydrogen) atoms. The van der Waals surface area contributed by atoms with E-state index in [1.54, 1.807) is 18.3 Å². The first-order valence-corrected chi connectivity index (χ1v) is 6.14. The van der Waals surface area contributed by atoms with Gasteiger partial charge in [0.15, 0.2) is 0 Å². The topological polar surface area (TPSA) is 50.9 Å². The van der Waals surface area contributed by atoms with E-state index in [9.17, 15) is 0 Å².